The number of hydrogen-bond donors (Lipinski definition) is 2. The van der Waals surface area contributed by atoms with Crippen molar-refractivity contribution in [2.75, 3.05) is 18.5 Å². The SMILES string of the molecule is CCOC(=O)c1c(NC(=O)CN2C(=O)N[C@](C)(CC(C)C)C2=O)sc2c1CCC2. The quantitative estimate of drug-likeness (QED) is 0.520. The lowest BCUT2D eigenvalue weighted by atomic mass is 9.91. The highest BCUT2D eigenvalue weighted by atomic mass is 32.1. The van der Waals surface area contributed by atoms with E-state index in [1.54, 1.807) is 13.8 Å². The van der Waals surface area contributed by atoms with Crippen LogP contribution in [-0.4, -0.2) is 47.4 Å². The fourth-order valence-corrected chi connectivity index (χ4v) is 5.36. The molecule has 1 aromatic rings. The molecule has 0 saturated carbocycles. The van der Waals surface area contributed by atoms with E-state index in [1.165, 1.54) is 11.3 Å². The summed E-state index contributed by atoms with van der Waals surface area (Å²) in [6.07, 6.45) is 3.10. The average molecular weight is 422 g/mol. The molecule has 0 bridgehead atoms. The molecule has 1 aliphatic heterocycles. The van der Waals surface area contributed by atoms with E-state index < -0.39 is 35.9 Å². The summed E-state index contributed by atoms with van der Waals surface area (Å²) in [6, 6.07) is -0.576. The number of carbonyl (C=O) groups is 4. The molecule has 8 nitrogen and oxygen atoms in total. The number of ether oxygens (including phenoxy) is 1. The molecule has 158 valence electrons. The first-order valence-corrected chi connectivity index (χ1v) is 10.7. The zero-order valence-electron chi connectivity index (χ0n) is 17.2. The summed E-state index contributed by atoms with van der Waals surface area (Å²) >= 11 is 1.36. The molecule has 2 heterocycles. The van der Waals surface area contributed by atoms with Gasteiger partial charge in [-0.1, -0.05) is 13.8 Å². The Morgan fingerprint density at radius 1 is 1.31 bits per heavy atom. The highest BCUT2D eigenvalue weighted by molar-refractivity contribution is 7.17. The number of esters is 1. The number of imide groups is 1. The number of carbonyl (C=O) groups excluding carboxylic acids is 4. The van der Waals surface area contributed by atoms with Crippen molar-refractivity contribution in [1.82, 2.24) is 10.2 Å². The highest BCUT2D eigenvalue weighted by Gasteiger charge is 2.48. The molecule has 0 spiro atoms. The van der Waals surface area contributed by atoms with Crippen molar-refractivity contribution in [3.63, 3.8) is 0 Å². The molecule has 3 rings (SSSR count). The first kappa shape index (κ1) is 21.3. The van der Waals surface area contributed by atoms with Gasteiger partial charge >= 0.3 is 12.0 Å². The molecule has 29 heavy (non-hydrogen) atoms. The molecular weight excluding hydrogens is 394 g/mol. The van der Waals surface area contributed by atoms with Crippen LogP contribution in [0.5, 0.6) is 0 Å². The Balaban J connectivity index is 1.74. The van der Waals surface area contributed by atoms with E-state index >= 15 is 0 Å². The highest BCUT2D eigenvalue weighted by Crippen LogP contribution is 2.39. The fourth-order valence-electron chi connectivity index (χ4n) is 4.07. The van der Waals surface area contributed by atoms with Crippen molar-refractivity contribution >= 4 is 40.2 Å². The Kier molecular flexibility index (Phi) is 5.97. The minimum atomic E-state index is -1.01. The van der Waals surface area contributed by atoms with E-state index in [4.69, 9.17) is 4.74 Å². The Bertz CT molecular complexity index is 863. The lowest BCUT2D eigenvalue weighted by Gasteiger charge is -2.23. The Labute approximate surface area is 174 Å². The summed E-state index contributed by atoms with van der Waals surface area (Å²) in [6.45, 7) is 7.18. The molecule has 0 radical (unpaired) electrons. The van der Waals surface area contributed by atoms with Crippen LogP contribution in [0.15, 0.2) is 0 Å². The maximum Gasteiger partial charge on any atom is 0.341 e. The van der Waals surface area contributed by atoms with Crippen LogP contribution in [0.2, 0.25) is 0 Å². The summed E-state index contributed by atoms with van der Waals surface area (Å²) in [5.41, 5.74) is 0.328. The summed E-state index contributed by atoms with van der Waals surface area (Å²) in [7, 11) is 0. The van der Waals surface area contributed by atoms with Crippen LogP contribution < -0.4 is 10.6 Å². The lowest BCUT2D eigenvalue weighted by molar-refractivity contribution is -0.133. The minimum absolute atomic E-state index is 0.207. The van der Waals surface area contributed by atoms with Gasteiger partial charge < -0.3 is 15.4 Å². The summed E-state index contributed by atoms with van der Waals surface area (Å²) in [5, 5.41) is 5.84. The normalized spacial score (nSPS) is 20.8. The standard InChI is InChI=1S/C20H27N3O5S/c1-5-28-17(25)15-12-7-6-8-13(12)29-16(15)21-14(24)10-23-18(26)20(4,9-11(2)3)22-19(23)27/h11H,5-10H2,1-4H3,(H,21,24)(H,22,27)/t20-/m1/s1. The van der Waals surface area contributed by atoms with Crippen LogP contribution in [0.3, 0.4) is 0 Å². The van der Waals surface area contributed by atoms with Gasteiger partial charge in [0, 0.05) is 4.88 Å². The molecule has 2 aliphatic rings. The van der Waals surface area contributed by atoms with E-state index in [1.807, 2.05) is 13.8 Å². The van der Waals surface area contributed by atoms with Crippen molar-refractivity contribution in [3.8, 4) is 0 Å². The van der Waals surface area contributed by atoms with Gasteiger partial charge in [0.05, 0.1) is 12.2 Å². The first-order chi connectivity index (χ1) is 13.7. The van der Waals surface area contributed by atoms with Crippen LogP contribution in [-0.2, 0) is 27.2 Å². The van der Waals surface area contributed by atoms with Gasteiger partial charge in [-0.2, -0.15) is 0 Å². The van der Waals surface area contributed by atoms with Gasteiger partial charge in [-0.3, -0.25) is 14.5 Å². The molecule has 1 aliphatic carbocycles. The number of urea groups is 1. The molecule has 0 aromatic carbocycles. The van der Waals surface area contributed by atoms with E-state index in [-0.39, 0.29) is 12.5 Å². The number of aryl methyl sites for hydroxylation is 1. The number of anilines is 1. The molecular formula is C20H27N3O5S. The van der Waals surface area contributed by atoms with E-state index in [0.29, 0.717) is 17.0 Å². The second-order valence-corrected chi connectivity index (χ2v) is 9.19. The molecule has 1 atom stereocenters. The van der Waals surface area contributed by atoms with E-state index in [2.05, 4.69) is 10.6 Å². The number of rotatable bonds is 7. The van der Waals surface area contributed by atoms with Gasteiger partial charge in [0.25, 0.3) is 5.91 Å². The topological polar surface area (TPSA) is 105 Å². The Morgan fingerprint density at radius 3 is 2.69 bits per heavy atom. The molecule has 1 aromatic heterocycles. The van der Waals surface area contributed by atoms with E-state index in [9.17, 15) is 19.2 Å². The van der Waals surface area contributed by atoms with Crippen molar-refractivity contribution in [2.24, 2.45) is 5.92 Å². The van der Waals surface area contributed by atoms with Crippen molar-refractivity contribution in [1.29, 1.82) is 0 Å². The molecule has 1 fully saturated rings. The van der Waals surface area contributed by atoms with Crippen LogP contribution in [0.25, 0.3) is 0 Å². The Hall–Kier alpha value is -2.42. The van der Waals surface area contributed by atoms with Gasteiger partial charge in [-0.05, 0) is 51.0 Å². The van der Waals surface area contributed by atoms with Crippen LogP contribution in [0.1, 0.15) is 61.3 Å². The molecule has 0 unspecified atom stereocenters. The Morgan fingerprint density at radius 2 is 2.03 bits per heavy atom. The van der Waals surface area contributed by atoms with Gasteiger partial charge in [-0.15, -0.1) is 11.3 Å². The minimum Gasteiger partial charge on any atom is -0.462 e. The van der Waals surface area contributed by atoms with Crippen LogP contribution >= 0.6 is 11.3 Å². The van der Waals surface area contributed by atoms with Crippen LogP contribution in [0, 0.1) is 5.92 Å². The zero-order chi connectivity index (χ0) is 21.3. The number of hydrogen-bond acceptors (Lipinski definition) is 6. The van der Waals surface area contributed by atoms with Crippen molar-refractivity contribution in [2.45, 2.75) is 58.9 Å². The number of nitrogens with zero attached hydrogens (tertiary/aromatic N) is 1. The monoisotopic (exact) mass is 421 g/mol. The van der Waals surface area contributed by atoms with Gasteiger partial charge in [0.15, 0.2) is 0 Å². The fraction of sp³-hybridized carbons (Fsp3) is 0.600. The molecule has 4 amide bonds. The molecule has 2 N–H and O–H groups in total. The second-order valence-electron chi connectivity index (χ2n) is 8.08. The summed E-state index contributed by atoms with van der Waals surface area (Å²) < 4.78 is 5.15. The van der Waals surface area contributed by atoms with E-state index in [0.717, 1.165) is 34.6 Å². The third-order valence-corrected chi connectivity index (χ3v) is 6.32. The van der Waals surface area contributed by atoms with Gasteiger partial charge in [0.1, 0.15) is 17.1 Å². The predicted molar refractivity (Wildman–Crippen MR) is 109 cm³/mol. The van der Waals surface area contributed by atoms with Crippen molar-refractivity contribution in [3.05, 3.63) is 16.0 Å². The number of amides is 4. The largest absolute Gasteiger partial charge is 0.462 e. The molecule has 1 saturated heterocycles. The molecule has 9 heteroatoms. The predicted octanol–water partition coefficient (Wildman–Crippen LogP) is 2.71. The van der Waals surface area contributed by atoms with Crippen LogP contribution in [0.4, 0.5) is 9.80 Å². The van der Waals surface area contributed by atoms with Gasteiger partial charge in [0.2, 0.25) is 5.91 Å². The average Bonchev–Trinajstić information content (AvgIpc) is 3.23. The zero-order valence-corrected chi connectivity index (χ0v) is 18.0. The third-order valence-electron chi connectivity index (χ3n) is 5.12. The van der Waals surface area contributed by atoms with Crippen molar-refractivity contribution < 1.29 is 23.9 Å². The summed E-state index contributed by atoms with van der Waals surface area (Å²) in [5.74, 6) is -1.18. The summed E-state index contributed by atoms with van der Waals surface area (Å²) in [4.78, 5) is 52.0. The number of thiophene rings is 1. The maximum absolute atomic E-state index is 12.7. The maximum atomic E-state index is 12.7. The van der Waals surface area contributed by atoms with Gasteiger partial charge in [-0.25, -0.2) is 9.59 Å². The third kappa shape index (κ3) is 4.14. The second kappa shape index (κ2) is 8.14. The number of fused-ring (bicyclic) bond motifs is 1. The first-order valence-electron chi connectivity index (χ1n) is 9.92. The lowest BCUT2D eigenvalue weighted by Crippen LogP contribution is -2.45. The number of nitrogens with one attached hydrogen (secondary N) is 2. The smallest absolute Gasteiger partial charge is 0.341 e.